The minimum Gasteiger partial charge on any atom is -0.368 e. The number of hydrogen-bond donors (Lipinski definition) is 4. The van der Waals surface area contributed by atoms with Crippen LogP contribution in [0.15, 0.2) is 30.5 Å². The Balaban J connectivity index is 1.49. The Kier molecular flexibility index (Phi) is 3.88. The monoisotopic (exact) mass is 337 g/mol. The van der Waals surface area contributed by atoms with Crippen molar-refractivity contribution in [3.05, 3.63) is 41.9 Å². The lowest BCUT2D eigenvalue weighted by Gasteiger charge is -2.13. The van der Waals surface area contributed by atoms with Crippen molar-refractivity contribution in [2.45, 2.75) is 31.7 Å². The van der Waals surface area contributed by atoms with Gasteiger partial charge in [0.15, 0.2) is 5.82 Å². The summed E-state index contributed by atoms with van der Waals surface area (Å²) in [6.45, 7) is 1.98. The molecule has 3 aromatic rings. The molecule has 9 nitrogen and oxygen atoms in total. The fraction of sp³-hybridized carbons (Fsp3) is 0.312. The first-order valence-corrected chi connectivity index (χ1v) is 8.19. The molecule has 0 saturated heterocycles. The van der Waals surface area contributed by atoms with Gasteiger partial charge in [-0.05, 0) is 31.9 Å². The molecule has 0 bridgehead atoms. The summed E-state index contributed by atoms with van der Waals surface area (Å²) in [6, 6.07) is 7.65. The van der Waals surface area contributed by atoms with E-state index in [4.69, 9.17) is 5.73 Å². The standard InChI is InChI=1S/C16H19N9/c1-9(11-4-2-3-7-18-11)19-15-21-14(17)22-16(23-15)20-13-8-12(24-25-13)10-5-6-10/h2-4,7-10H,5-6H2,1H3,(H5,17,19,20,21,22,23,24,25). The van der Waals surface area contributed by atoms with E-state index >= 15 is 0 Å². The van der Waals surface area contributed by atoms with Gasteiger partial charge in [-0.2, -0.15) is 20.1 Å². The molecule has 1 saturated carbocycles. The molecule has 0 aliphatic heterocycles. The van der Waals surface area contributed by atoms with Crippen molar-refractivity contribution in [2.75, 3.05) is 16.4 Å². The summed E-state index contributed by atoms with van der Waals surface area (Å²) in [7, 11) is 0. The lowest BCUT2D eigenvalue weighted by molar-refractivity contribution is 0.819. The van der Waals surface area contributed by atoms with Gasteiger partial charge in [0, 0.05) is 23.9 Å². The second-order valence-corrected chi connectivity index (χ2v) is 6.07. The molecule has 1 aliphatic rings. The molecular formula is C16H19N9. The molecule has 3 aromatic heterocycles. The van der Waals surface area contributed by atoms with E-state index in [1.807, 2.05) is 31.2 Å². The molecule has 1 atom stereocenters. The molecule has 0 amide bonds. The Morgan fingerprint density at radius 2 is 2.04 bits per heavy atom. The van der Waals surface area contributed by atoms with Crippen LogP contribution in [0.3, 0.4) is 0 Å². The number of anilines is 4. The molecule has 128 valence electrons. The molecule has 5 N–H and O–H groups in total. The van der Waals surface area contributed by atoms with Gasteiger partial charge in [0.2, 0.25) is 17.8 Å². The quantitative estimate of drug-likeness (QED) is 0.539. The van der Waals surface area contributed by atoms with Crippen molar-refractivity contribution in [1.82, 2.24) is 30.1 Å². The highest BCUT2D eigenvalue weighted by Gasteiger charge is 2.25. The number of aromatic amines is 1. The fourth-order valence-corrected chi connectivity index (χ4v) is 2.53. The van der Waals surface area contributed by atoms with Crippen LogP contribution >= 0.6 is 0 Å². The Morgan fingerprint density at radius 1 is 1.20 bits per heavy atom. The molecular weight excluding hydrogens is 318 g/mol. The molecule has 25 heavy (non-hydrogen) atoms. The lowest BCUT2D eigenvalue weighted by Crippen LogP contribution is -2.13. The van der Waals surface area contributed by atoms with Crippen LogP contribution in [-0.4, -0.2) is 30.1 Å². The maximum Gasteiger partial charge on any atom is 0.235 e. The normalized spacial score (nSPS) is 14.9. The number of rotatable bonds is 6. The van der Waals surface area contributed by atoms with Crippen molar-refractivity contribution < 1.29 is 0 Å². The topological polar surface area (TPSA) is 130 Å². The van der Waals surface area contributed by atoms with Crippen molar-refractivity contribution in [3.63, 3.8) is 0 Å². The minimum atomic E-state index is -0.0669. The number of nitrogens with one attached hydrogen (secondary N) is 3. The number of aromatic nitrogens is 6. The Labute approximate surface area is 144 Å². The zero-order chi connectivity index (χ0) is 17.2. The Morgan fingerprint density at radius 3 is 2.80 bits per heavy atom. The van der Waals surface area contributed by atoms with Crippen molar-refractivity contribution in [1.29, 1.82) is 0 Å². The predicted molar refractivity (Wildman–Crippen MR) is 94.4 cm³/mol. The molecule has 0 spiro atoms. The zero-order valence-electron chi connectivity index (χ0n) is 13.8. The molecule has 3 heterocycles. The van der Waals surface area contributed by atoms with E-state index in [1.165, 1.54) is 12.8 Å². The highest BCUT2D eigenvalue weighted by atomic mass is 15.3. The van der Waals surface area contributed by atoms with Gasteiger partial charge in [0.05, 0.1) is 11.7 Å². The highest BCUT2D eigenvalue weighted by molar-refractivity contribution is 5.52. The van der Waals surface area contributed by atoms with E-state index in [2.05, 4.69) is 40.8 Å². The summed E-state index contributed by atoms with van der Waals surface area (Å²) in [4.78, 5) is 16.9. The SMILES string of the molecule is CC(Nc1nc(N)nc(Nc2cc(C3CC3)[nH]n2)n1)c1ccccn1. The minimum absolute atomic E-state index is 0.0669. The Hall–Kier alpha value is -3.23. The van der Waals surface area contributed by atoms with Crippen LogP contribution in [0.2, 0.25) is 0 Å². The van der Waals surface area contributed by atoms with Crippen molar-refractivity contribution in [3.8, 4) is 0 Å². The summed E-state index contributed by atoms with van der Waals surface area (Å²) in [5.74, 6) is 2.12. The van der Waals surface area contributed by atoms with E-state index in [1.54, 1.807) is 6.20 Å². The predicted octanol–water partition coefficient (Wildman–Crippen LogP) is 2.37. The van der Waals surface area contributed by atoms with Crippen molar-refractivity contribution >= 4 is 23.7 Å². The van der Waals surface area contributed by atoms with Crippen LogP contribution in [0.5, 0.6) is 0 Å². The molecule has 9 heteroatoms. The van der Waals surface area contributed by atoms with E-state index in [9.17, 15) is 0 Å². The van der Waals surface area contributed by atoms with Gasteiger partial charge in [-0.3, -0.25) is 10.1 Å². The third kappa shape index (κ3) is 3.65. The van der Waals surface area contributed by atoms with Gasteiger partial charge in [-0.1, -0.05) is 6.07 Å². The van der Waals surface area contributed by atoms with Gasteiger partial charge < -0.3 is 16.4 Å². The number of H-pyrrole nitrogens is 1. The van der Waals surface area contributed by atoms with Gasteiger partial charge in [0.1, 0.15) is 0 Å². The molecule has 1 unspecified atom stereocenters. The molecule has 1 aliphatic carbocycles. The van der Waals surface area contributed by atoms with Crippen LogP contribution < -0.4 is 16.4 Å². The van der Waals surface area contributed by atoms with E-state index in [-0.39, 0.29) is 12.0 Å². The van der Waals surface area contributed by atoms with Gasteiger partial charge >= 0.3 is 0 Å². The third-order valence-corrected chi connectivity index (χ3v) is 3.98. The number of nitrogens with zero attached hydrogens (tertiary/aromatic N) is 5. The average molecular weight is 337 g/mol. The van der Waals surface area contributed by atoms with Gasteiger partial charge in [-0.25, -0.2) is 0 Å². The number of nitrogen functional groups attached to an aromatic ring is 1. The largest absolute Gasteiger partial charge is 0.368 e. The second kappa shape index (κ2) is 6.34. The fourth-order valence-electron chi connectivity index (χ4n) is 2.53. The number of hydrogen-bond acceptors (Lipinski definition) is 8. The summed E-state index contributed by atoms with van der Waals surface area (Å²) in [5.41, 5.74) is 7.82. The van der Waals surface area contributed by atoms with Gasteiger partial charge in [-0.15, -0.1) is 0 Å². The first-order valence-electron chi connectivity index (χ1n) is 8.19. The molecule has 1 fully saturated rings. The van der Waals surface area contributed by atoms with Crippen LogP contribution in [-0.2, 0) is 0 Å². The van der Waals surface area contributed by atoms with E-state index in [0.29, 0.717) is 23.6 Å². The number of pyridine rings is 1. The summed E-state index contributed by atoms with van der Waals surface area (Å²) in [6.07, 6.45) is 4.16. The third-order valence-electron chi connectivity index (χ3n) is 3.98. The molecule has 0 radical (unpaired) electrons. The van der Waals surface area contributed by atoms with Crippen molar-refractivity contribution in [2.24, 2.45) is 0 Å². The summed E-state index contributed by atoms with van der Waals surface area (Å²) < 4.78 is 0. The highest BCUT2D eigenvalue weighted by Crippen LogP contribution is 2.39. The van der Waals surface area contributed by atoms with E-state index < -0.39 is 0 Å². The maximum absolute atomic E-state index is 5.80. The summed E-state index contributed by atoms with van der Waals surface area (Å²) in [5, 5.41) is 13.5. The lowest BCUT2D eigenvalue weighted by atomic mass is 10.2. The van der Waals surface area contributed by atoms with Crippen LogP contribution in [0, 0.1) is 0 Å². The molecule has 4 rings (SSSR count). The molecule has 0 aromatic carbocycles. The first-order chi connectivity index (χ1) is 12.2. The number of nitrogens with two attached hydrogens (primary N) is 1. The van der Waals surface area contributed by atoms with Gasteiger partial charge in [0.25, 0.3) is 0 Å². The maximum atomic E-state index is 5.80. The van der Waals surface area contributed by atoms with Crippen LogP contribution in [0.4, 0.5) is 23.7 Å². The Bertz CT molecular complexity index is 857. The van der Waals surface area contributed by atoms with Crippen LogP contribution in [0.1, 0.15) is 43.1 Å². The summed E-state index contributed by atoms with van der Waals surface area (Å²) >= 11 is 0. The second-order valence-electron chi connectivity index (χ2n) is 6.07. The smallest absolute Gasteiger partial charge is 0.235 e. The average Bonchev–Trinajstić information content (AvgIpc) is 3.35. The first kappa shape index (κ1) is 15.3. The zero-order valence-corrected chi connectivity index (χ0v) is 13.8. The van der Waals surface area contributed by atoms with E-state index in [0.717, 1.165) is 11.4 Å². The van der Waals surface area contributed by atoms with Crippen LogP contribution in [0.25, 0.3) is 0 Å².